The van der Waals surface area contributed by atoms with E-state index in [1.807, 2.05) is 0 Å². The molecule has 1 aromatic rings. The Morgan fingerprint density at radius 3 is 2.16 bits per heavy atom. The summed E-state index contributed by atoms with van der Waals surface area (Å²) in [5.41, 5.74) is 6.69. The van der Waals surface area contributed by atoms with Crippen LogP contribution in [0, 0.1) is 11.6 Å². The van der Waals surface area contributed by atoms with E-state index in [2.05, 4.69) is 32.6 Å². The molecule has 4 heteroatoms. The minimum absolute atomic E-state index is 0.270. The lowest BCUT2D eigenvalue weighted by Gasteiger charge is -2.44. The highest BCUT2D eigenvalue weighted by molar-refractivity contribution is 5.24. The second-order valence-electron chi connectivity index (χ2n) is 5.03. The molecule has 1 rings (SSSR count). The van der Waals surface area contributed by atoms with E-state index in [-0.39, 0.29) is 11.6 Å². The number of nitrogens with zero attached hydrogens (tertiary/aromatic N) is 1. The lowest BCUT2D eigenvalue weighted by atomic mass is 9.83. The van der Waals surface area contributed by atoms with Gasteiger partial charge < -0.3 is 5.73 Å². The first-order chi connectivity index (χ1) is 8.90. The molecular formula is C15H24F2N2. The molecule has 2 unspecified atom stereocenters. The van der Waals surface area contributed by atoms with E-state index >= 15 is 0 Å². The van der Waals surface area contributed by atoms with Crippen molar-refractivity contribution in [3.05, 3.63) is 35.4 Å². The van der Waals surface area contributed by atoms with Crippen molar-refractivity contribution in [2.75, 3.05) is 13.1 Å². The fourth-order valence-electron chi connectivity index (χ4n) is 2.65. The van der Waals surface area contributed by atoms with Gasteiger partial charge >= 0.3 is 0 Å². The van der Waals surface area contributed by atoms with Crippen molar-refractivity contribution in [2.24, 2.45) is 5.73 Å². The quantitative estimate of drug-likeness (QED) is 0.857. The molecule has 0 amide bonds. The van der Waals surface area contributed by atoms with Crippen LogP contribution < -0.4 is 5.73 Å². The standard InChI is InChI=1S/C15H24F2N2/c1-5-15(4,19(6-2)7-3)14(18)11-8-9-12(16)13(17)10-11/h8-10,14H,5-7,18H2,1-4H3. The predicted molar refractivity (Wildman–Crippen MR) is 74.9 cm³/mol. The fourth-order valence-corrected chi connectivity index (χ4v) is 2.65. The monoisotopic (exact) mass is 270 g/mol. The average Bonchev–Trinajstić information content (AvgIpc) is 2.42. The van der Waals surface area contributed by atoms with E-state index in [4.69, 9.17) is 5.73 Å². The Bertz CT molecular complexity index is 419. The molecule has 0 aliphatic heterocycles. The molecule has 0 fully saturated rings. The van der Waals surface area contributed by atoms with E-state index in [1.54, 1.807) is 6.07 Å². The van der Waals surface area contributed by atoms with Gasteiger partial charge in [-0.15, -0.1) is 0 Å². The molecule has 2 nitrogen and oxygen atoms in total. The lowest BCUT2D eigenvalue weighted by molar-refractivity contribution is 0.0843. The van der Waals surface area contributed by atoms with Gasteiger partial charge in [-0.05, 0) is 44.1 Å². The summed E-state index contributed by atoms with van der Waals surface area (Å²) >= 11 is 0. The molecule has 2 N–H and O–H groups in total. The van der Waals surface area contributed by atoms with Crippen LogP contribution in [0.1, 0.15) is 45.7 Å². The van der Waals surface area contributed by atoms with E-state index in [0.717, 1.165) is 25.6 Å². The summed E-state index contributed by atoms with van der Waals surface area (Å²) in [6.07, 6.45) is 0.842. The van der Waals surface area contributed by atoms with Crippen LogP contribution in [0.5, 0.6) is 0 Å². The molecule has 0 aromatic heterocycles. The zero-order chi connectivity index (χ0) is 14.6. The van der Waals surface area contributed by atoms with Crippen molar-refractivity contribution in [2.45, 2.75) is 45.7 Å². The van der Waals surface area contributed by atoms with Crippen LogP contribution in [0.15, 0.2) is 18.2 Å². The number of likely N-dealkylation sites (N-methyl/N-ethyl adjacent to an activating group) is 1. The molecule has 19 heavy (non-hydrogen) atoms. The van der Waals surface area contributed by atoms with Gasteiger partial charge in [-0.25, -0.2) is 8.78 Å². The van der Waals surface area contributed by atoms with Gasteiger partial charge in [0, 0.05) is 11.6 Å². The van der Waals surface area contributed by atoms with E-state index in [0.29, 0.717) is 5.56 Å². The smallest absolute Gasteiger partial charge is 0.159 e. The van der Waals surface area contributed by atoms with Crippen LogP contribution >= 0.6 is 0 Å². The van der Waals surface area contributed by atoms with E-state index in [9.17, 15) is 8.78 Å². The summed E-state index contributed by atoms with van der Waals surface area (Å²) in [6.45, 7) is 10.0. The van der Waals surface area contributed by atoms with Gasteiger partial charge in [0.15, 0.2) is 11.6 Å². The third kappa shape index (κ3) is 3.12. The van der Waals surface area contributed by atoms with Crippen LogP contribution in [0.4, 0.5) is 8.78 Å². The molecule has 0 radical (unpaired) electrons. The number of nitrogens with two attached hydrogens (primary N) is 1. The highest BCUT2D eigenvalue weighted by Crippen LogP contribution is 2.32. The van der Waals surface area contributed by atoms with Crippen molar-refractivity contribution in [1.82, 2.24) is 4.90 Å². The van der Waals surface area contributed by atoms with Gasteiger partial charge in [-0.3, -0.25) is 4.90 Å². The summed E-state index contributed by atoms with van der Waals surface area (Å²) in [5, 5.41) is 0. The lowest BCUT2D eigenvalue weighted by Crippen LogP contribution is -2.53. The molecule has 0 aliphatic rings. The van der Waals surface area contributed by atoms with Gasteiger partial charge in [0.2, 0.25) is 0 Å². The molecule has 0 spiro atoms. The van der Waals surface area contributed by atoms with E-state index < -0.39 is 11.6 Å². The number of hydrogen-bond donors (Lipinski definition) is 1. The first-order valence-corrected chi connectivity index (χ1v) is 6.86. The number of benzene rings is 1. The highest BCUT2D eigenvalue weighted by Gasteiger charge is 2.35. The molecule has 0 aliphatic carbocycles. The molecule has 1 aromatic carbocycles. The summed E-state index contributed by atoms with van der Waals surface area (Å²) in [7, 11) is 0. The van der Waals surface area contributed by atoms with Crippen LogP contribution in [-0.4, -0.2) is 23.5 Å². The molecule has 0 saturated carbocycles. The number of hydrogen-bond acceptors (Lipinski definition) is 2. The van der Waals surface area contributed by atoms with Crippen molar-refractivity contribution in [3.63, 3.8) is 0 Å². The van der Waals surface area contributed by atoms with Crippen molar-refractivity contribution in [3.8, 4) is 0 Å². The molecule has 0 bridgehead atoms. The first kappa shape index (κ1) is 16.1. The Kier molecular flexibility index (Phi) is 5.44. The molecular weight excluding hydrogens is 246 g/mol. The number of halogens is 2. The van der Waals surface area contributed by atoms with Gasteiger partial charge in [0.25, 0.3) is 0 Å². The largest absolute Gasteiger partial charge is 0.322 e. The predicted octanol–water partition coefficient (Wildman–Crippen LogP) is 3.48. The first-order valence-electron chi connectivity index (χ1n) is 6.86. The Morgan fingerprint density at radius 1 is 1.16 bits per heavy atom. The zero-order valence-corrected chi connectivity index (χ0v) is 12.2. The van der Waals surface area contributed by atoms with Crippen LogP contribution in [0.3, 0.4) is 0 Å². The zero-order valence-electron chi connectivity index (χ0n) is 12.2. The average molecular weight is 270 g/mol. The van der Waals surface area contributed by atoms with Crippen molar-refractivity contribution < 1.29 is 8.78 Å². The maximum Gasteiger partial charge on any atom is 0.159 e. The van der Waals surface area contributed by atoms with Crippen LogP contribution in [0.2, 0.25) is 0 Å². The maximum absolute atomic E-state index is 13.4. The van der Waals surface area contributed by atoms with Crippen LogP contribution in [-0.2, 0) is 0 Å². The molecule has 0 saturated heterocycles. The normalized spacial score (nSPS) is 16.4. The summed E-state index contributed by atoms with van der Waals surface area (Å²) < 4.78 is 26.4. The summed E-state index contributed by atoms with van der Waals surface area (Å²) in [6, 6.07) is 3.56. The SMILES string of the molecule is CCN(CC)C(C)(CC)C(N)c1ccc(F)c(F)c1. The topological polar surface area (TPSA) is 29.3 Å². The number of rotatable bonds is 6. The minimum Gasteiger partial charge on any atom is -0.322 e. The van der Waals surface area contributed by atoms with Gasteiger partial charge in [0.05, 0.1) is 0 Å². The Labute approximate surface area is 114 Å². The third-order valence-electron chi connectivity index (χ3n) is 4.17. The van der Waals surface area contributed by atoms with Gasteiger partial charge in [-0.1, -0.05) is 26.8 Å². The maximum atomic E-state index is 13.4. The fraction of sp³-hybridized carbons (Fsp3) is 0.600. The van der Waals surface area contributed by atoms with Crippen LogP contribution in [0.25, 0.3) is 0 Å². The Hall–Kier alpha value is -1.00. The molecule has 108 valence electrons. The van der Waals surface area contributed by atoms with Crippen molar-refractivity contribution >= 4 is 0 Å². The highest BCUT2D eigenvalue weighted by atomic mass is 19.2. The molecule has 0 heterocycles. The van der Waals surface area contributed by atoms with E-state index in [1.165, 1.54) is 6.07 Å². The Balaban J connectivity index is 3.13. The summed E-state index contributed by atoms with van der Waals surface area (Å²) in [4.78, 5) is 2.26. The minimum atomic E-state index is -0.842. The van der Waals surface area contributed by atoms with Gasteiger partial charge in [0.1, 0.15) is 0 Å². The Morgan fingerprint density at radius 2 is 1.74 bits per heavy atom. The second kappa shape index (κ2) is 6.44. The molecule has 2 atom stereocenters. The second-order valence-corrected chi connectivity index (χ2v) is 5.03. The van der Waals surface area contributed by atoms with Crippen molar-refractivity contribution in [1.29, 1.82) is 0 Å². The summed E-state index contributed by atoms with van der Waals surface area (Å²) in [5.74, 6) is -1.68. The van der Waals surface area contributed by atoms with Gasteiger partial charge in [-0.2, -0.15) is 0 Å². The third-order valence-corrected chi connectivity index (χ3v) is 4.17.